The molecular weight excluding hydrogens is 667 g/mol. The van der Waals surface area contributed by atoms with Gasteiger partial charge in [0.15, 0.2) is 17.5 Å². The molecule has 1 unspecified atom stereocenters. The zero-order chi connectivity index (χ0) is 36.6. The zero-order valence-electron chi connectivity index (χ0n) is 30.3. The summed E-state index contributed by atoms with van der Waals surface area (Å²) in [6, 6.07) is 64.8. The molecule has 0 bridgehead atoms. The predicted octanol–water partition coefficient (Wildman–Crippen LogP) is 12.8. The van der Waals surface area contributed by atoms with Crippen LogP contribution in [0, 0.1) is 0 Å². The van der Waals surface area contributed by atoms with Crippen LogP contribution in [0.15, 0.2) is 206 Å². The van der Waals surface area contributed by atoms with Gasteiger partial charge in [0.05, 0.1) is 5.41 Å². The van der Waals surface area contributed by atoms with Crippen molar-refractivity contribution in [1.82, 2.24) is 15.0 Å². The molecule has 260 valence electrons. The molecule has 0 radical (unpaired) electrons. The Bertz CT molecular complexity index is 2730. The van der Waals surface area contributed by atoms with E-state index in [2.05, 4.69) is 176 Å². The zero-order valence-corrected chi connectivity index (χ0v) is 30.3. The van der Waals surface area contributed by atoms with Crippen molar-refractivity contribution >= 4 is 0 Å². The van der Waals surface area contributed by atoms with Gasteiger partial charge in [-0.1, -0.05) is 194 Å². The molecule has 2 aliphatic carbocycles. The van der Waals surface area contributed by atoms with E-state index in [0.717, 1.165) is 46.2 Å². The molecule has 0 fully saturated rings. The Morgan fingerprint density at radius 1 is 0.382 bits per heavy atom. The molecule has 0 N–H and O–H groups in total. The summed E-state index contributed by atoms with van der Waals surface area (Å²) >= 11 is 0. The van der Waals surface area contributed by atoms with E-state index in [1.165, 1.54) is 39.0 Å². The largest absolute Gasteiger partial charge is 0.208 e. The number of hydrogen-bond acceptors (Lipinski definition) is 3. The van der Waals surface area contributed by atoms with E-state index in [0.29, 0.717) is 17.5 Å². The maximum absolute atomic E-state index is 5.11. The minimum absolute atomic E-state index is 0.380. The molecular formula is C52H37N3. The van der Waals surface area contributed by atoms with Gasteiger partial charge in [0.1, 0.15) is 0 Å². The number of benzene rings is 7. The molecule has 7 aromatic carbocycles. The lowest BCUT2D eigenvalue weighted by Gasteiger charge is -2.37. The number of allylic oxidation sites excluding steroid dienone is 4. The molecule has 3 nitrogen and oxygen atoms in total. The SMILES string of the molecule is C1=CCCC(C2(c3ccccc3)c3ccccc3-c3ccc(-c4cccc(-c5nc(-c6ccccc6)nc(-c6ccc(-c7ccccc7)cc6)n5)c4)cc32)=C1. The minimum Gasteiger partial charge on any atom is -0.208 e. The average Bonchev–Trinajstić information content (AvgIpc) is 3.58. The highest BCUT2D eigenvalue weighted by Crippen LogP contribution is 2.58. The first-order valence-corrected chi connectivity index (χ1v) is 19.0. The fraction of sp³-hybridized carbons (Fsp3) is 0.0577. The van der Waals surface area contributed by atoms with Crippen LogP contribution in [0.5, 0.6) is 0 Å². The maximum atomic E-state index is 5.11. The smallest absolute Gasteiger partial charge is 0.164 e. The molecule has 3 heteroatoms. The Hall–Kier alpha value is -6.97. The van der Waals surface area contributed by atoms with Gasteiger partial charge in [-0.25, -0.2) is 15.0 Å². The summed E-state index contributed by atoms with van der Waals surface area (Å²) in [4.78, 5) is 15.2. The molecule has 1 aromatic heterocycles. The summed E-state index contributed by atoms with van der Waals surface area (Å²) in [7, 11) is 0. The summed E-state index contributed by atoms with van der Waals surface area (Å²) in [5.74, 6) is 1.94. The molecule has 1 atom stereocenters. The lowest BCUT2D eigenvalue weighted by molar-refractivity contribution is 0.693. The monoisotopic (exact) mass is 703 g/mol. The number of hydrogen-bond donors (Lipinski definition) is 0. The number of rotatable bonds is 7. The summed E-state index contributed by atoms with van der Waals surface area (Å²) < 4.78 is 0. The van der Waals surface area contributed by atoms with E-state index in [1.54, 1.807) is 0 Å². The summed E-state index contributed by atoms with van der Waals surface area (Å²) in [6.07, 6.45) is 8.92. The van der Waals surface area contributed by atoms with Gasteiger partial charge < -0.3 is 0 Å². The van der Waals surface area contributed by atoms with Crippen molar-refractivity contribution in [3.05, 3.63) is 222 Å². The Kier molecular flexibility index (Phi) is 8.18. The fourth-order valence-electron chi connectivity index (χ4n) is 8.54. The second-order valence-corrected chi connectivity index (χ2v) is 14.3. The van der Waals surface area contributed by atoms with Gasteiger partial charge in [0.25, 0.3) is 0 Å². The third-order valence-corrected chi connectivity index (χ3v) is 11.1. The maximum Gasteiger partial charge on any atom is 0.164 e. The predicted molar refractivity (Wildman–Crippen MR) is 225 cm³/mol. The molecule has 0 saturated carbocycles. The lowest BCUT2D eigenvalue weighted by Crippen LogP contribution is -2.30. The normalized spacial score (nSPS) is 15.6. The summed E-state index contributed by atoms with van der Waals surface area (Å²) in [5, 5.41) is 0. The van der Waals surface area contributed by atoms with Crippen LogP contribution in [-0.4, -0.2) is 15.0 Å². The Morgan fingerprint density at radius 2 is 0.891 bits per heavy atom. The molecule has 8 aromatic rings. The third kappa shape index (κ3) is 5.73. The van der Waals surface area contributed by atoms with Gasteiger partial charge in [0, 0.05) is 16.7 Å². The van der Waals surface area contributed by atoms with Crippen molar-refractivity contribution in [3.8, 4) is 67.5 Å². The highest BCUT2D eigenvalue weighted by Gasteiger charge is 2.47. The molecule has 0 saturated heterocycles. The van der Waals surface area contributed by atoms with E-state index >= 15 is 0 Å². The van der Waals surface area contributed by atoms with Crippen LogP contribution in [-0.2, 0) is 5.41 Å². The summed E-state index contributed by atoms with van der Waals surface area (Å²) in [5.41, 5.74) is 15.1. The van der Waals surface area contributed by atoms with E-state index < -0.39 is 0 Å². The van der Waals surface area contributed by atoms with Gasteiger partial charge in [-0.3, -0.25) is 0 Å². The third-order valence-electron chi connectivity index (χ3n) is 11.1. The second kappa shape index (κ2) is 13.8. The number of aromatic nitrogens is 3. The first-order chi connectivity index (χ1) is 27.3. The molecule has 0 aliphatic heterocycles. The van der Waals surface area contributed by atoms with Crippen molar-refractivity contribution in [2.75, 3.05) is 0 Å². The fourth-order valence-corrected chi connectivity index (χ4v) is 8.54. The summed E-state index contributed by atoms with van der Waals surface area (Å²) in [6.45, 7) is 0. The van der Waals surface area contributed by atoms with E-state index in [1.807, 2.05) is 24.3 Å². The molecule has 0 amide bonds. The lowest BCUT2D eigenvalue weighted by atomic mass is 9.65. The molecule has 0 spiro atoms. The van der Waals surface area contributed by atoms with Crippen LogP contribution in [0.3, 0.4) is 0 Å². The average molecular weight is 704 g/mol. The van der Waals surface area contributed by atoms with Gasteiger partial charge in [0.2, 0.25) is 0 Å². The highest BCUT2D eigenvalue weighted by molar-refractivity contribution is 5.88. The van der Waals surface area contributed by atoms with E-state index in [4.69, 9.17) is 15.0 Å². The quantitative estimate of drug-likeness (QED) is 0.166. The number of nitrogens with zero attached hydrogens (tertiary/aromatic N) is 3. The number of fused-ring (bicyclic) bond motifs is 3. The molecule has 55 heavy (non-hydrogen) atoms. The van der Waals surface area contributed by atoms with E-state index in [-0.39, 0.29) is 5.41 Å². The first-order valence-electron chi connectivity index (χ1n) is 19.0. The van der Waals surface area contributed by atoms with Gasteiger partial charge in [-0.15, -0.1) is 0 Å². The molecule has 2 aliphatic rings. The van der Waals surface area contributed by atoms with Crippen molar-refractivity contribution in [2.24, 2.45) is 0 Å². The molecule has 10 rings (SSSR count). The topological polar surface area (TPSA) is 38.7 Å². The van der Waals surface area contributed by atoms with Crippen LogP contribution in [0.4, 0.5) is 0 Å². The van der Waals surface area contributed by atoms with Crippen LogP contribution in [0.1, 0.15) is 29.5 Å². The standard InChI is InChI=1S/C52H37N3/c1-5-16-36(17-6-1)37-28-30-39(31-29-37)50-53-49(38-18-7-2-8-19-38)54-51(55-50)42-21-15-20-40(34-42)41-32-33-46-45-26-13-14-27-47(45)52(48(46)35-41,43-22-9-3-10-23-43)44-24-11-4-12-25-44/h1-11,13-24,26-35H,12,25H2. The van der Waals surface area contributed by atoms with Crippen LogP contribution >= 0.6 is 0 Å². The van der Waals surface area contributed by atoms with Crippen molar-refractivity contribution in [1.29, 1.82) is 0 Å². The Labute approximate surface area is 322 Å². The molecule has 1 heterocycles. The highest BCUT2D eigenvalue weighted by atomic mass is 15.0. The Balaban J connectivity index is 1.10. The van der Waals surface area contributed by atoms with E-state index in [9.17, 15) is 0 Å². The Morgan fingerprint density at radius 3 is 1.60 bits per heavy atom. The van der Waals surface area contributed by atoms with Gasteiger partial charge >= 0.3 is 0 Å². The minimum atomic E-state index is -0.380. The second-order valence-electron chi connectivity index (χ2n) is 14.3. The van der Waals surface area contributed by atoms with Crippen LogP contribution in [0.25, 0.3) is 67.5 Å². The van der Waals surface area contributed by atoms with Gasteiger partial charge in [-0.2, -0.15) is 0 Å². The van der Waals surface area contributed by atoms with Gasteiger partial charge in [-0.05, 0) is 75.0 Å². The van der Waals surface area contributed by atoms with Crippen molar-refractivity contribution < 1.29 is 0 Å². The van der Waals surface area contributed by atoms with Crippen molar-refractivity contribution in [2.45, 2.75) is 18.3 Å². The van der Waals surface area contributed by atoms with Crippen LogP contribution < -0.4 is 0 Å². The van der Waals surface area contributed by atoms with Crippen molar-refractivity contribution in [3.63, 3.8) is 0 Å². The first kappa shape index (κ1) is 32.7. The van der Waals surface area contributed by atoms with Crippen LogP contribution in [0.2, 0.25) is 0 Å².